The zero-order valence-corrected chi connectivity index (χ0v) is 8.88. The molecule has 0 aromatic carbocycles. The van der Waals surface area contributed by atoms with Crippen molar-refractivity contribution in [3.8, 4) is 0 Å². The van der Waals surface area contributed by atoms with E-state index in [1.165, 1.54) is 11.5 Å². The van der Waals surface area contributed by atoms with Crippen LogP contribution in [-0.2, 0) is 6.54 Å². The molecular weight excluding hydrogens is 223 g/mol. The van der Waals surface area contributed by atoms with Crippen LogP contribution in [0, 0.1) is 6.92 Å². The number of hydrogen-bond donors (Lipinski definition) is 1. The average molecular weight is 235 g/mol. The molecule has 6 heteroatoms. The lowest BCUT2D eigenvalue weighted by Crippen LogP contribution is -2.27. The molecule has 1 heterocycles. The summed E-state index contributed by atoms with van der Waals surface area (Å²) in [5.41, 5.74) is -0.521. The Morgan fingerprint density at radius 1 is 1.44 bits per heavy atom. The van der Waals surface area contributed by atoms with Gasteiger partial charge in [0.25, 0.3) is 5.56 Å². The van der Waals surface area contributed by atoms with Crippen LogP contribution in [0.25, 0.3) is 0 Å². The number of aromatic nitrogens is 1. The zero-order chi connectivity index (χ0) is 12.5. The minimum Gasteiger partial charge on any atom is -0.379 e. The van der Waals surface area contributed by atoms with E-state index in [9.17, 15) is 18.0 Å². The molecule has 3 nitrogen and oxygen atoms in total. The highest BCUT2D eigenvalue weighted by atomic mass is 19.4. The van der Waals surface area contributed by atoms with Crippen molar-refractivity contribution in [2.24, 2.45) is 0 Å². The van der Waals surface area contributed by atoms with Gasteiger partial charge in [0.2, 0.25) is 0 Å². The van der Waals surface area contributed by atoms with E-state index < -0.39 is 12.3 Å². The fourth-order valence-electron chi connectivity index (χ4n) is 1.55. The third-order valence-electron chi connectivity index (χ3n) is 2.42. The van der Waals surface area contributed by atoms with Gasteiger partial charge in [-0.1, -0.05) is 0 Å². The van der Waals surface area contributed by atoms with Crippen molar-refractivity contribution in [3.63, 3.8) is 0 Å². The number of halogens is 3. The van der Waals surface area contributed by atoms with Crippen LogP contribution in [-0.4, -0.2) is 15.8 Å². The fraction of sp³-hybridized carbons (Fsp3) is 0.500. The highest BCUT2D eigenvalue weighted by molar-refractivity contribution is 5.23. The van der Waals surface area contributed by atoms with Gasteiger partial charge in [-0.05, 0) is 19.9 Å². The monoisotopic (exact) mass is 235 g/mol. The molecule has 0 fully saturated rings. The summed E-state index contributed by atoms with van der Waals surface area (Å²) in [7, 11) is 0. The summed E-state index contributed by atoms with van der Waals surface area (Å²) in [4.78, 5) is 11.3. The highest BCUT2D eigenvalue weighted by Gasteiger charge is 2.40. The maximum atomic E-state index is 12.3. The van der Waals surface area contributed by atoms with Gasteiger partial charge in [-0.25, -0.2) is 0 Å². The fourth-order valence-corrected chi connectivity index (χ4v) is 1.55. The summed E-state index contributed by atoms with van der Waals surface area (Å²) in [5.74, 6) is 0. The van der Waals surface area contributed by atoms with Gasteiger partial charge in [-0.3, -0.25) is 4.79 Å². The maximum Gasteiger partial charge on any atom is 0.418 e. The van der Waals surface area contributed by atoms with Crippen LogP contribution < -0.4 is 5.56 Å². The number of hydrogen-bond acceptors (Lipinski definition) is 2. The van der Waals surface area contributed by atoms with Gasteiger partial charge >= 0.3 is 6.18 Å². The molecule has 1 aromatic rings. The smallest absolute Gasteiger partial charge is 0.379 e. The van der Waals surface area contributed by atoms with E-state index in [2.05, 4.69) is 0 Å². The molecule has 0 aliphatic rings. The molecule has 16 heavy (non-hydrogen) atoms. The van der Waals surface area contributed by atoms with Crippen LogP contribution >= 0.6 is 0 Å². The third kappa shape index (κ3) is 2.27. The molecule has 1 atom stereocenters. The Bertz CT molecular complexity index is 437. The van der Waals surface area contributed by atoms with E-state index in [0.29, 0.717) is 0 Å². The minimum absolute atomic E-state index is 0.139. The first-order valence-electron chi connectivity index (χ1n) is 4.74. The summed E-state index contributed by atoms with van der Waals surface area (Å²) in [6.07, 6.45) is -7.27. The predicted molar refractivity (Wildman–Crippen MR) is 52.1 cm³/mol. The molecule has 90 valence electrons. The number of aliphatic hydroxyl groups excluding tert-OH is 1. The van der Waals surface area contributed by atoms with Gasteiger partial charge in [0.05, 0.1) is 0 Å². The standard InChI is InChI=1S/C10H12F3NO2/c1-3-14-6(2)7(4-5-8(14)15)9(16)10(11,12)13/h4-5,9,16H,3H2,1-2H3. The molecule has 0 saturated carbocycles. The van der Waals surface area contributed by atoms with Crippen LogP contribution in [0.5, 0.6) is 0 Å². The lowest BCUT2D eigenvalue weighted by Gasteiger charge is -2.19. The zero-order valence-electron chi connectivity index (χ0n) is 8.88. The van der Waals surface area contributed by atoms with Crippen molar-refractivity contribution in [1.29, 1.82) is 0 Å². The summed E-state index contributed by atoms with van der Waals surface area (Å²) in [6, 6.07) is 2.04. The van der Waals surface area contributed by atoms with Crippen LogP contribution in [0.3, 0.4) is 0 Å². The van der Waals surface area contributed by atoms with E-state index >= 15 is 0 Å². The average Bonchev–Trinajstić information content (AvgIpc) is 2.16. The number of alkyl halides is 3. The summed E-state index contributed by atoms with van der Waals surface area (Å²) in [6.45, 7) is 3.30. The topological polar surface area (TPSA) is 42.2 Å². The van der Waals surface area contributed by atoms with Crippen molar-refractivity contribution in [2.45, 2.75) is 32.7 Å². The molecule has 0 spiro atoms. The predicted octanol–water partition coefficient (Wildman–Crippen LogP) is 1.77. The van der Waals surface area contributed by atoms with Gasteiger partial charge < -0.3 is 9.67 Å². The van der Waals surface area contributed by atoms with Gasteiger partial charge in [0.1, 0.15) is 0 Å². The van der Waals surface area contributed by atoms with Crippen molar-refractivity contribution in [1.82, 2.24) is 4.57 Å². The van der Waals surface area contributed by atoms with Crippen LogP contribution in [0.4, 0.5) is 13.2 Å². The van der Waals surface area contributed by atoms with Gasteiger partial charge in [0.15, 0.2) is 6.10 Å². The Morgan fingerprint density at radius 3 is 2.44 bits per heavy atom. The summed E-state index contributed by atoms with van der Waals surface area (Å²) >= 11 is 0. The molecule has 0 radical (unpaired) electrons. The first-order chi connectivity index (χ1) is 7.29. The second kappa shape index (κ2) is 4.29. The highest BCUT2D eigenvalue weighted by Crippen LogP contribution is 2.33. The van der Waals surface area contributed by atoms with Crippen LogP contribution in [0.15, 0.2) is 16.9 Å². The van der Waals surface area contributed by atoms with Crippen molar-refractivity contribution >= 4 is 0 Å². The van der Waals surface area contributed by atoms with E-state index in [4.69, 9.17) is 5.11 Å². The summed E-state index contributed by atoms with van der Waals surface area (Å²) < 4.78 is 38.1. The molecule has 0 bridgehead atoms. The molecule has 1 N–H and O–H groups in total. The molecular formula is C10H12F3NO2. The first-order valence-corrected chi connectivity index (χ1v) is 4.74. The second-order valence-electron chi connectivity index (χ2n) is 3.40. The van der Waals surface area contributed by atoms with Gasteiger partial charge in [-0.15, -0.1) is 0 Å². The Morgan fingerprint density at radius 2 is 2.00 bits per heavy atom. The third-order valence-corrected chi connectivity index (χ3v) is 2.42. The number of pyridine rings is 1. The Kier molecular flexibility index (Phi) is 3.42. The lowest BCUT2D eigenvalue weighted by molar-refractivity contribution is -0.207. The largest absolute Gasteiger partial charge is 0.418 e. The molecule has 0 aliphatic carbocycles. The van der Waals surface area contributed by atoms with E-state index in [-0.39, 0.29) is 23.4 Å². The van der Waals surface area contributed by atoms with E-state index in [1.807, 2.05) is 0 Å². The molecule has 0 aliphatic heterocycles. The van der Waals surface area contributed by atoms with Crippen molar-refractivity contribution < 1.29 is 18.3 Å². The quantitative estimate of drug-likeness (QED) is 0.848. The van der Waals surface area contributed by atoms with Crippen LogP contribution in [0.1, 0.15) is 24.3 Å². The molecule has 1 rings (SSSR count). The Balaban J connectivity index is 3.32. The number of aliphatic hydroxyl groups is 1. The normalized spacial score (nSPS) is 13.9. The van der Waals surface area contributed by atoms with E-state index in [0.717, 1.165) is 12.1 Å². The maximum absolute atomic E-state index is 12.3. The van der Waals surface area contributed by atoms with Crippen LogP contribution in [0.2, 0.25) is 0 Å². The molecule has 1 aromatic heterocycles. The lowest BCUT2D eigenvalue weighted by atomic mass is 10.1. The molecule has 1 unspecified atom stereocenters. The number of nitrogens with zero attached hydrogens (tertiary/aromatic N) is 1. The second-order valence-corrected chi connectivity index (χ2v) is 3.40. The minimum atomic E-state index is -4.72. The van der Waals surface area contributed by atoms with Crippen molar-refractivity contribution in [3.05, 3.63) is 33.7 Å². The first kappa shape index (κ1) is 12.8. The SMILES string of the molecule is CCn1c(C)c(C(O)C(F)(F)F)ccc1=O. The number of rotatable bonds is 2. The summed E-state index contributed by atoms with van der Waals surface area (Å²) in [5, 5.41) is 9.11. The Labute approximate surface area is 90.1 Å². The van der Waals surface area contributed by atoms with Gasteiger partial charge in [-0.2, -0.15) is 13.2 Å². The van der Waals surface area contributed by atoms with Crippen molar-refractivity contribution in [2.75, 3.05) is 0 Å². The Hall–Kier alpha value is -1.30. The van der Waals surface area contributed by atoms with E-state index in [1.54, 1.807) is 6.92 Å². The molecule has 0 saturated heterocycles. The van der Waals surface area contributed by atoms with Gasteiger partial charge in [0, 0.05) is 23.9 Å². The molecule has 0 amide bonds.